The number of piperazine rings is 1. The number of nitrogens with zero attached hydrogens (tertiary/aromatic N) is 2. The molecule has 1 fully saturated rings. The van der Waals surface area contributed by atoms with E-state index in [9.17, 15) is 14.0 Å². The zero-order valence-electron chi connectivity index (χ0n) is 10.9. The lowest BCUT2D eigenvalue weighted by molar-refractivity contribution is -0.132. The van der Waals surface area contributed by atoms with E-state index in [0.29, 0.717) is 38.2 Å². The number of hydrogen-bond donors (Lipinski definition) is 0. The number of carbonyl (C=O) groups is 2. The third-order valence-electron chi connectivity index (χ3n) is 3.29. The van der Waals surface area contributed by atoms with Gasteiger partial charge in [-0.2, -0.15) is 0 Å². The number of carbonyl (C=O) groups excluding carboxylic acids is 2. The van der Waals surface area contributed by atoms with Gasteiger partial charge in [-0.3, -0.25) is 9.59 Å². The van der Waals surface area contributed by atoms with Gasteiger partial charge in [-0.1, -0.05) is 13.0 Å². The van der Waals surface area contributed by atoms with E-state index in [1.165, 1.54) is 18.2 Å². The normalized spacial score (nSPS) is 15.5. The van der Waals surface area contributed by atoms with Crippen molar-refractivity contribution < 1.29 is 14.0 Å². The number of amides is 2. The first-order chi connectivity index (χ1) is 9.11. The van der Waals surface area contributed by atoms with Crippen LogP contribution in [0.15, 0.2) is 24.3 Å². The topological polar surface area (TPSA) is 40.6 Å². The minimum Gasteiger partial charge on any atom is -0.339 e. The van der Waals surface area contributed by atoms with Crippen LogP contribution in [0.2, 0.25) is 0 Å². The van der Waals surface area contributed by atoms with Crippen LogP contribution >= 0.6 is 0 Å². The zero-order chi connectivity index (χ0) is 13.8. The average Bonchev–Trinajstić information content (AvgIpc) is 2.46. The molecule has 0 N–H and O–H groups in total. The van der Waals surface area contributed by atoms with Crippen LogP contribution in [-0.4, -0.2) is 47.8 Å². The molecule has 1 aromatic rings. The molecule has 1 aliphatic rings. The standard InChI is InChI=1S/C14H17FN2O2/c1-2-13(18)16-6-8-17(9-7-16)14(19)11-4-3-5-12(15)10-11/h3-5,10H,2,6-9H2,1H3. The fourth-order valence-corrected chi connectivity index (χ4v) is 2.19. The molecule has 1 aromatic carbocycles. The summed E-state index contributed by atoms with van der Waals surface area (Å²) in [5, 5.41) is 0. The van der Waals surface area contributed by atoms with Gasteiger partial charge in [0.15, 0.2) is 0 Å². The van der Waals surface area contributed by atoms with Crippen LogP contribution in [0.25, 0.3) is 0 Å². The van der Waals surface area contributed by atoms with Gasteiger partial charge in [-0.05, 0) is 18.2 Å². The fourth-order valence-electron chi connectivity index (χ4n) is 2.19. The van der Waals surface area contributed by atoms with Crippen LogP contribution in [0.3, 0.4) is 0 Å². The second-order valence-corrected chi connectivity index (χ2v) is 4.54. The summed E-state index contributed by atoms with van der Waals surface area (Å²) >= 11 is 0. The van der Waals surface area contributed by atoms with Gasteiger partial charge in [0.25, 0.3) is 5.91 Å². The molecule has 0 atom stereocenters. The van der Waals surface area contributed by atoms with Crippen molar-refractivity contribution in [2.75, 3.05) is 26.2 Å². The molecular weight excluding hydrogens is 247 g/mol. The molecule has 1 heterocycles. The summed E-state index contributed by atoms with van der Waals surface area (Å²) < 4.78 is 13.1. The summed E-state index contributed by atoms with van der Waals surface area (Å²) in [5.41, 5.74) is 0.357. The Labute approximate surface area is 111 Å². The van der Waals surface area contributed by atoms with Crippen molar-refractivity contribution in [3.8, 4) is 0 Å². The molecule has 1 saturated heterocycles. The highest BCUT2D eigenvalue weighted by Gasteiger charge is 2.24. The lowest BCUT2D eigenvalue weighted by Gasteiger charge is -2.34. The molecule has 0 spiro atoms. The van der Waals surface area contributed by atoms with Crippen LogP contribution in [0.4, 0.5) is 4.39 Å². The van der Waals surface area contributed by atoms with Crippen molar-refractivity contribution in [1.82, 2.24) is 9.80 Å². The van der Waals surface area contributed by atoms with Crippen molar-refractivity contribution >= 4 is 11.8 Å². The van der Waals surface area contributed by atoms with Gasteiger partial charge in [0.2, 0.25) is 5.91 Å². The predicted molar refractivity (Wildman–Crippen MR) is 69.2 cm³/mol. The highest BCUT2D eigenvalue weighted by atomic mass is 19.1. The summed E-state index contributed by atoms with van der Waals surface area (Å²) in [5.74, 6) is -0.480. The van der Waals surface area contributed by atoms with Crippen LogP contribution in [0.5, 0.6) is 0 Å². The summed E-state index contributed by atoms with van der Waals surface area (Å²) in [6.45, 7) is 3.93. The number of benzene rings is 1. The maximum Gasteiger partial charge on any atom is 0.254 e. The van der Waals surface area contributed by atoms with Crippen molar-refractivity contribution in [2.24, 2.45) is 0 Å². The molecule has 102 valence electrons. The minimum absolute atomic E-state index is 0.109. The van der Waals surface area contributed by atoms with Gasteiger partial charge in [0.1, 0.15) is 5.82 Å². The quantitative estimate of drug-likeness (QED) is 0.812. The van der Waals surface area contributed by atoms with Crippen LogP contribution in [0, 0.1) is 5.82 Å². The van der Waals surface area contributed by atoms with Crippen LogP contribution in [0.1, 0.15) is 23.7 Å². The van der Waals surface area contributed by atoms with E-state index in [-0.39, 0.29) is 11.8 Å². The Balaban J connectivity index is 1.98. The van der Waals surface area contributed by atoms with Crippen LogP contribution in [-0.2, 0) is 4.79 Å². The third-order valence-corrected chi connectivity index (χ3v) is 3.29. The Morgan fingerprint density at radius 2 is 1.79 bits per heavy atom. The van der Waals surface area contributed by atoms with Gasteiger partial charge in [-0.25, -0.2) is 4.39 Å². The first-order valence-electron chi connectivity index (χ1n) is 6.44. The van der Waals surface area contributed by atoms with E-state index in [2.05, 4.69) is 0 Å². The fraction of sp³-hybridized carbons (Fsp3) is 0.429. The molecule has 1 aliphatic heterocycles. The van der Waals surface area contributed by atoms with Gasteiger partial charge in [0, 0.05) is 38.2 Å². The molecule has 2 amide bonds. The predicted octanol–water partition coefficient (Wildman–Crippen LogP) is 1.52. The Hall–Kier alpha value is -1.91. The maximum absolute atomic E-state index is 13.1. The molecule has 4 nitrogen and oxygen atoms in total. The summed E-state index contributed by atoms with van der Waals surface area (Å²) in [6.07, 6.45) is 0.484. The highest BCUT2D eigenvalue weighted by molar-refractivity contribution is 5.94. The summed E-state index contributed by atoms with van der Waals surface area (Å²) in [7, 11) is 0. The van der Waals surface area contributed by atoms with Gasteiger partial charge in [-0.15, -0.1) is 0 Å². The monoisotopic (exact) mass is 264 g/mol. The van der Waals surface area contributed by atoms with Crippen molar-refractivity contribution in [2.45, 2.75) is 13.3 Å². The largest absolute Gasteiger partial charge is 0.339 e. The second-order valence-electron chi connectivity index (χ2n) is 4.54. The van der Waals surface area contributed by atoms with E-state index >= 15 is 0 Å². The van der Waals surface area contributed by atoms with Crippen molar-refractivity contribution in [3.63, 3.8) is 0 Å². The molecule has 19 heavy (non-hydrogen) atoms. The molecule has 0 bridgehead atoms. The minimum atomic E-state index is -0.411. The van der Waals surface area contributed by atoms with Crippen molar-refractivity contribution in [3.05, 3.63) is 35.6 Å². The Bertz CT molecular complexity index is 482. The van der Waals surface area contributed by atoms with Crippen LogP contribution < -0.4 is 0 Å². The molecule has 0 unspecified atom stereocenters. The summed E-state index contributed by atoms with van der Waals surface area (Å²) in [6, 6.07) is 5.69. The molecule has 0 aromatic heterocycles. The first-order valence-corrected chi connectivity index (χ1v) is 6.44. The molecule has 0 saturated carbocycles. The van der Waals surface area contributed by atoms with E-state index < -0.39 is 5.82 Å². The molecule has 0 aliphatic carbocycles. The Morgan fingerprint density at radius 3 is 2.37 bits per heavy atom. The lowest BCUT2D eigenvalue weighted by atomic mass is 10.1. The van der Waals surface area contributed by atoms with Crippen molar-refractivity contribution in [1.29, 1.82) is 0 Å². The van der Waals surface area contributed by atoms with E-state index in [4.69, 9.17) is 0 Å². The number of rotatable bonds is 2. The highest BCUT2D eigenvalue weighted by Crippen LogP contribution is 2.11. The Kier molecular flexibility index (Phi) is 4.14. The third kappa shape index (κ3) is 3.10. The van der Waals surface area contributed by atoms with E-state index in [1.54, 1.807) is 15.9 Å². The SMILES string of the molecule is CCC(=O)N1CCN(C(=O)c2cccc(F)c2)CC1. The van der Waals surface area contributed by atoms with Gasteiger partial charge in [0.05, 0.1) is 0 Å². The van der Waals surface area contributed by atoms with Gasteiger partial charge < -0.3 is 9.80 Å². The molecule has 0 radical (unpaired) electrons. The zero-order valence-corrected chi connectivity index (χ0v) is 10.9. The summed E-state index contributed by atoms with van der Waals surface area (Å²) in [4.78, 5) is 27.1. The molecular formula is C14H17FN2O2. The van der Waals surface area contributed by atoms with E-state index in [1.807, 2.05) is 6.92 Å². The van der Waals surface area contributed by atoms with Gasteiger partial charge >= 0.3 is 0 Å². The average molecular weight is 264 g/mol. The second kappa shape index (κ2) is 5.82. The maximum atomic E-state index is 13.1. The smallest absolute Gasteiger partial charge is 0.254 e. The van der Waals surface area contributed by atoms with E-state index in [0.717, 1.165) is 0 Å². The molecule has 2 rings (SSSR count). The first kappa shape index (κ1) is 13.5. The number of hydrogen-bond acceptors (Lipinski definition) is 2. The number of halogens is 1. The molecule has 5 heteroatoms. The Morgan fingerprint density at radius 1 is 1.16 bits per heavy atom. The lowest BCUT2D eigenvalue weighted by Crippen LogP contribution is -2.50.